The normalized spacial score (nSPS) is 17.3. The molecular formula is C48H60N8O4S. The third kappa shape index (κ3) is 12.3. The van der Waals surface area contributed by atoms with Gasteiger partial charge in [0.05, 0.1) is 37.1 Å². The summed E-state index contributed by atoms with van der Waals surface area (Å²) >= 11 is 1.60. The lowest BCUT2D eigenvalue weighted by molar-refractivity contribution is 0.0384. The smallest absolute Gasteiger partial charge is 0.291 e. The van der Waals surface area contributed by atoms with Gasteiger partial charge in [-0.15, -0.1) is 11.8 Å². The molecule has 2 aromatic heterocycles. The summed E-state index contributed by atoms with van der Waals surface area (Å²) in [5.41, 5.74) is 10.7. The molecule has 2 fully saturated rings. The van der Waals surface area contributed by atoms with Gasteiger partial charge >= 0.3 is 0 Å². The van der Waals surface area contributed by atoms with Gasteiger partial charge in [-0.3, -0.25) is 19.4 Å². The van der Waals surface area contributed by atoms with Crippen molar-refractivity contribution >= 4 is 46.1 Å². The summed E-state index contributed by atoms with van der Waals surface area (Å²) in [5.74, 6) is -0.258. The number of amides is 2. The molecule has 2 aliphatic carbocycles. The summed E-state index contributed by atoms with van der Waals surface area (Å²) in [6.07, 6.45) is 17.8. The van der Waals surface area contributed by atoms with E-state index in [1.807, 2.05) is 30.5 Å². The van der Waals surface area contributed by atoms with Crippen molar-refractivity contribution in [3.8, 4) is 6.07 Å². The molecule has 0 atom stereocenters. The minimum Gasteiger partial charge on any atom is -0.379 e. The van der Waals surface area contributed by atoms with Crippen LogP contribution < -0.4 is 10.6 Å². The first-order valence-electron chi connectivity index (χ1n) is 21.9. The van der Waals surface area contributed by atoms with Crippen molar-refractivity contribution in [2.75, 3.05) is 82.6 Å². The zero-order chi connectivity index (χ0) is 42.4. The summed E-state index contributed by atoms with van der Waals surface area (Å²) in [7, 11) is 0. The molecule has 2 aliphatic heterocycles. The maximum Gasteiger partial charge on any atom is 0.291 e. The lowest BCUT2D eigenvalue weighted by Gasteiger charge is -2.26. The van der Waals surface area contributed by atoms with Crippen LogP contribution >= 0.6 is 11.8 Å². The average Bonchev–Trinajstić information content (AvgIpc) is 3.97. The molecule has 0 unspecified atom stereocenters. The largest absolute Gasteiger partial charge is 0.379 e. The van der Waals surface area contributed by atoms with Gasteiger partial charge in [0.15, 0.2) is 11.5 Å². The second-order valence-electron chi connectivity index (χ2n) is 16.1. The van der Waals surface area contributed by atoms with E-state index in [0.717, 1.165) is 126 Å². The van der Waals surface area contributed by atoms with E-state index in [2.05, 4.69) is 77.9 Å². The van der Waals surface area contributed by atoms with Gasteiger partial charge in [0, 0.05) is 61.8 Å². The standard InChI is InChI=1S/C24H29N5O2.C24H31N3O2S/c1-17-22(16-25)27-23(26-17)24(30)28-21-8-7-18(9-10-29-11-13-31-14-12-29)15-20(21)19-5-3-2-4-6-19;1-30-23-10-9-22(25-23)24(28)26-21-8-7-18(11-12-27-13-15-29-16-14-27)17-20(21)19-5-3-2-4-6-19/h5,7-8,15H,2-4,6,9-14H2,1H3,(H,26,27)(H,28,30);5,7-10,17,25H,2-4,6,11-16H2,1H3,(H,26,28). The Morgan fingerprint density at radius 3 is 1.75 bits per heavy atom. The Bertz CT molecular complexity index is 2220. The van der Waals surface area contributed by atoms with Crippen molar-refractivity contribution in [1.29, 1.82) is 5.26 Å². The highest BCUT2D eigenvalue weighted by molar-refractivity contribution is 7.98. The predicted octanol–water partition coefficient (Wildman–Crippen LogP) is 8.50. The van der Waals surface area contributed by atoms with Crippen molar-refractivity contribution < 1.29 is 19.1 Å². The zero-order valence-electron chi connectivity index (χ0n) is 35.7. The molecular weight excluding hydrogens is 785 g/mol. The number of anilines is 2. The average molecular weight is 845 g/mol. The molecule has 0 saturated carbocycles. The highest BCUT2D eigenvalue weighted by Crippen LogP contribution is 2.34. The van der Waals surface area contributed by atoms with E-state index >= 15 is 0 Å². The number of thioether (sulfide) groups is 1. The molecule has 4 heterocycles. The van der Waals surface area contributed by atoms with E-state index < -0.39 is 0 Å². The van der Waals surface area contributed by atoms with Crippen molar-refractivity contribution in [2.45, 2.75) is 76.2 Å². The predicted molar refractivity (Wildman–Crippen MR) is 244 cm³/mol. The minimum atomic E-state index is -0.330. The summed E-state index contributed by atoms with van der Waals surface area (Å²) in [5, 5.41) is 16.3. The number of benzene rings is 2. The van der Waals surface area contributed by atoms with Gasteiger partial charge in [-0.05, 0) is 136 Å². The number of aromatic amines is 2. The number of nitrogens with one attached hydrogen (secondary N) is 4. The molecule has 2 amide bonds. The Kier molecular flexibility index (Phi) is 16.1. The summed E-state index contributed by atoms with van der Waals surface area (Å²) in [6, 6.07) is 18.6. The number of nitrogens with zero attached hydrogens (tertiary/aromatic N) is 4. The van der Waals surface area contributed by atoms with Gasteiger partial charge < -0.3 is 30.1 Å². The molecule has 12 nitrogen and oxygen atoms in total. The summed E-state index contributed by atoms with van der Waals surface area (Å²) in [4.78, 5) is 40.7. The number of morpholine rings is 2. The zero-order valence-corrected chi connectivity index (χ0v) is 36.6. The van der Waals surface area contributed by atoms with Gasteiger partial charge in [-0.2, -0.15) is 5.26 Å². The Morgan fingerprint density at radius 1 is 0.754 bits per heavy atom. The van der Waals surface area contributed by atoms with E-state index in [-0.39, 0.29) is 23.3 Å². The van der Waals surface area contributed by atoms with E-state index in [4.69, 9.17) is 14.7 Å². The molecule has 0 spiro atoms. The second kappa shape index (κ2) is 22.2. The number of nitriles is 1. The molecule has 61 heavy (non-hydrogen) atoms. The van der Waals surface area contributed by atoms with Crippen LogP contribution in [0.5, 0.6) is 0 Å². The molecule has 4 aliphatic rings. The molecule has 0 radical (unpaired) electrons. The third-order valence-electron chi connectivity index (χ3n) is 11.9. The first-order chi connectivity index (χ1) is 29.9. The number of allylic oxidation sites excluding steroid dienone is 4. The number of H-pyrrole nitrogens is 2. The van der Waals surface area contributed by atoms with Crippen LogP contribution in [-0.4, -0.2) is 109 Å². The van der Waals surface area contributed by atoms with E-state index in [1.165, 1.54) is 53.5 Å². The molecule has 4 aromatic rings. The summed E-state index contributed by atoms with van der Waals surface area (Å²) in [6.45, 7) is 11.1. The number of imidazole rings is 1. The fourth-order valence-electron chi connectivity index (χ4n) is 8.31. The maximum atomic E-state index is 12.8. The van der Waals surface area contributed by atoms with Gasteiger partial charge in [-0.25, -0.2) is 4.98 Å². The van der Waals surface area contributed by atoms with Gasteiger partial charge in [0.2, 0.25) is 0 Å². The highest BCUT2D eigenvalue weighted by Gasteiger charge is 2.20. The van der Waals surface area contributed by atoms with Crippen molar-refractivity contribution in [3.63, 3.8) is 0 Å². The number of aromatic nitrogens is 3. The molecule has 0 bridgehead atoms. The third-order valence-corrected chi connectivity index (χ3v) is 12.6. The Balaban J connectivity index is 0.000000184. The molecule has 13 heteroatoms. The van der Waals surface area contributed by atoms with Crippen LogP contribution in [0.3, 0.4) is 0 Å². The quantitative estimate of drug-likeness (QED) is 0.0972. The lowest BCUT2D eigenvalue weighted by Crippen LogP contribution is -2.37. The van der Waals surface area contributed by atoms with Crippen molar-refractivity contribution in [1.82, 2.24) is 24.8 Å². The summed E-state index contributed by atoms with van der Waals surface area (Å²) < 4.78 is 10.9. The number of rotatable bonds is 13. The number of carbonyl (C=O) groups is 2. The van der Waals surface area contributed by atoms with Gasteiger partial charge in [0.25, 0.3) is 11.8 Å². The number of hydrogen-bond acceptors (Lipinski definition) is 9. The van der Waals surface area contributed by atoms with Crippen molar-refractivity contribution in [3.05, 3.63) is 106 Å². The Hall–Kier alpha value is -4.97. The van der Waals surface area contributed by atoms with Crippen LogP contribution in [0.15, 0.2) is 65.7 Å². The molecule has 8 rings (SSSR count). The lowest BCUT2D eigenvalue weighted by atomic mass is 9.91. The Labute approximate surface area is 364 Å². The molecule has 322 valence electrons. The Morgan fingerprint density at radius 2 is 1.30 bits per heavy atom. The second-order valence-corrected chi connectivity index (χ2v) is 17.0. The van der Waals surface area contributed by atoms with Crippen LogP contribution in [0.25, 0.3) is 11.1 Å². The first kappa shape index (κ1) is 44.1. The number of hydrogen-bond donors (Lipinski definition) is 4. The number of ether oxygens (including phenoxy) is 2. The maximum absolute atomic E-state index is 12.8. The van der Waals surface area contributed by atoms with E-state index in [1.54, 1.807) is 18.7 Å². The highest BCUT2D eigenvalue weighted by atomic mass is 32.2. The van der Waals surface area contributed by atoms with Crippen LogP contribution in [0, 0.1) is 18.3 Å². The monoisotopic (exact) mass is 844 g/mol. The van der Waals surface area contributed by atoms with Crippen LogP contribution in [0.2, 0.25) is 0 Å². The van der Waals surface area contributed by atoms with Crippen LogP contribution in [-0.2, 0) is 22.3 Å². The molecule has 4 N–H and O–H groups in total. The SMILES string of the molecule is CSc1ccc(C(=O)Nc2ccc(CCN3CCOCC3)cc2C2=CCCCC2)[nH]1.Cc1[nH]c(C(=O)Nc2ccc(CCN3CCOCC3)cc2C2=CCCCC2)nc1C#N. The van der Waals surface area contributed by atoms with Crippen LogP contribution in [0.4, 0.5) is 11.4 Å². The minimum absolute atomic E-state index is 0.0889. The van der Waals surface area contributed by atoms with E-state index in [0.29, 0.717) is 11.4 Å². The van der Waals surface area contributed by atoms with Gasteiger partial charge in [0.1, 0.15) is 11.8 Å². The number of carbonyl (C=O) groups excluding carboxylic acids is 2. The van der Waals surface area contributed by atoms with Gasteiger partial charge in [-0.1, -0.05) is 24.3 Å². The fraction of sp³-hybridized carbons (Fsp3) is 0.458. The topological polar surface area (TPSA) is 151 Å². The first-order valence-corrected chi connectivity index (χ1v) is 23.2. The van der Waals surface area contributed by atoms with Crippen molar-refractivity contribution in [2.24, 2.45) is 0 Å². The number of aryl methyl sites for hydroxylation is 1. The molecule has 2 aromatic carbocycles. The van der Waals surface area contributed by atoms with Crippen LogP contribution in [0.1, 0.15) is 106 Å². The molecule has 2 saturated heterocycles. The van der Waals surface area contributed by atoms with E-state index in [9.17, 15) is 9.59 Å². The fourth-order valence-corrected chi connectivity index (χ4v) is 8.72.